The number of fused-ring (bicyclic) bond motifs is 1. The molecule has 1 fully saturated rings. The fraction of sp³-hybridized carbons (Fsp3) is 0.350. The third kappa shape index (κ3) is 3.92. The highest BCUT2D eigenvalue weighted by Gasteiger charge is 2.25. The normalized spacial score (nSPS) is 15.4. The van der Waals surface area contributed by atoms with Gasteiger partial charge in [0.25, 0.3) is 0 Å². The maximum atomic E-state index is 13.6. The van der Waals surface area contributed by atoms with E-state index in [-0.39, 0.29) is 16.6 Å². The van der Waals surface area contributed by atoms with Crippen molar-refractivity contribution in [2.45, 2.75) is 12.1 Å². The summed E-state index contributed by atoms with van der Waals surface area (Å²) in [5, 5.41) is 9.55. The first-order chi connectivity index (χ1) is 14.4. The van der Waals surface area contributed by atoms with Crippen molar-refractivity contribution in [2.24, 2.45) is 0 Å². The Morgan fingerprint density at radius 2 is 2.07 bits per heavy atom. The maximum Gasteiger partial charge on any atom is 0.249 e. The van der Waals surface area contributed by atoms with Crippen molar-refractivity contribution in [3.8, 4) is 17.3 Å². The number of rotatable bonds is 5. The Bertz CT molecular complexity index is 1240. The molecule has 1 aliphatic heterocycles. The topological polar surface area (TPSA) is 112 Å². The van der Waals surface area contributed by atoms with E-state index in [1.165, 1.54) is 24.4 Å². The van der Waals surface area contributed by atoms with Crippen LogP contribution in [0.15, 0.2) is 29.6 Å². The Labute approximate surface area is 173 Å². The average Bonchev–Trinajstić information content (AvgIpc) is 3.16. The van der Waals surface area contributed by atoms with Crippen LogP contribution in [-0.2, 0) is 14.6 Å². The van der Waals surface area contributed by atoms with Crippen LogP contribution in [0.4, 0.5) is 4.39 Å². The first-order valence-corrected chi connectivity index (χ1v) is 11.1. The van der Waals surface area contributed by atoms with Gasteiger partial charge in [0.1, 0.15) is 17.5 Å². The molecule has 3 aromatic rings. The predicted molar refractivity (Wildman–Crippen MR) is 108 cm³/mol. The summed E-state index contributed by atoms with van der Waals surface area (Å²) in [5.74, 6) is -0.541. The van der Waals surface area contributed by atoms with Gasteiger partial charge in [-0.05, 0) is 30.7 Å². The van der Waals surface area contributed by atoms with Gasteiger partial charge < -0.3 is 9.72 Å². The number of aromatic amines is 1. The second-order valence-corrected chi connectivity index (χ2v) is 9.13. The van der Waals surface area contributed by atoms with Crippen LogP contribution in [0.3, 0.4) is 0 Å². The van der Waals surface area contributed by atoms with E-state index >= 15 is 0 Å². The number of hydrogen-bond acceptors (Lipinski definition) is 7. The monoisotopic (exact) mass is 429 g/mol. The lowest BCUT2D eigenvalue weighted by atomic mass is 10.0. The largest absolute Gasteiger partial charge is 0.379 e. The van der Waals surface area contributed by atoms with Crippen LogP contribution in [0, 0.1) is 24.1 Å². The molecule has 0 amide bonds. The second-order valence-electron chi connectivity index (χ2n) is 7.12. The van der Waals surface area contributed by atoms with Crippen molar-refractivity contribution in [2.75, 3.05) is 38.6 Å². The molecule has 4 rings (SSSR count). The van der Waals surface area contributed by atoms with Gasteiger partial charge in [-0.3, -0.25) is 4.90 Å². The number of nitrogens with zero attached hydrogens (tertiary/aromatic N) is 4. The maximum absolute atomic E-state index is 13.6. The van der Waals surface area contributed by atoms with Gasteiger partial charge in [0, 0.05) is 31.4 Å². The molecule has 1 saturated heterocycles. The first-order valence-electron chi connectivity index (χ1n) is 9.47. The van der Waals surface area contributed by atoms with Crippen LogP contribution in [0.2, 0.25) is 0 Å². The second kappa shape index (κ2) is 8.10. The minimum absolute atomic E-state index is 0.133. The van der Waals surface area contributed by atoms with Crippen LogP contribution < -0.4 is 0 Å². The molecule has 0 saturated carbocycles. The summed E-state index contributed by atoms with van der Waals surface area (Å²) < 4.78 is 44.9. The Morgan fingerprint density at radius 1 is 1.30 bits per heavy atom. The number of aryl methyl sites for hydroxylation is 1. The molecule has 1 N–H and O–H groups in total. The Hall–Kier alpha value is -2.87. The molecular formula is C20H20FN5O3S. The van der Waals surface area contributed by atoms with Crippen LogP contribution in [0.1, 0.15) is 11.1 Å². The van der Waals surface area contributed by atoms with Gasteiger partial charge in [-0.15, -0.1) is 0 Å². The molecule has 0 aliphatic carbocycles. The molecule has 0 spiro atoms. The lowest BCUT2D eigenvalue weighted by Gasteiger charge is -2.26. The highest BCUT2D eigenvalue weighted by atomic mass is 32.2. The summed E-state index contributed by atoms with van der Waals surface area (Å²) in [7, 11) is -3.78. The lowest BCUT2D eigenvalue weighted by molar-refractivity contribution is 0.0408. The SMILES string of the molecule is Cc1cc(F)ccc1-c1nc(S(=O)(=O)CCN2CCOCC2)nc2[nH]cc(C#N)c12. The number of ether oxygens (including phenoxy) is 1. The molecule has 1 aromatic carbocycles. The summed E-state index contributed by atoms with van der Waals surface area (Å²) in [5.41, 5.74) is 1.97. The standard InChI is InChI=1S/C20H20FN5O3S/c1-13-10-15(21)2-3-16(13)18-17-14(11-22)12-23-19(17)25-20(24-18)30(27,28)9-6-26-4-7-29-8-5-26/h2-3,10,12H,4-9H2,1H3,(H,23,24,25). The number of nitriles is 1. The molecule has 0 unspecified atom stereocenters. The number of sulfone groups is 1. The number of H-pyrrole nitrogens is 1. The van der Waals surface area contributed by atoms with E-state index in [2.05, 4.69) is 21.0 Å². The molecule has 8 nitrogen and oxygen atoms in total. The van der Waals surface area contributed by atoms with E-state index in [0.29, 0.717) is 60.6 Å². The van der Waals surface area contributed by atoms with Crippen LogP contribution in [0.25, 0.3) is 22.3 Å². The number of benzene rings is 1. The van der Waals surface area contributed by atoms with Crippen molar-refractivity contribution in [3.05, 3.63) is 41.3 Å². The van der Waals surface area contributed by atoms with Crippen LogP contribution >= 0.6 is 0 Å². The van der Waals surface area contributed by atoms with Gasteiger partial charge in [-0.1, -0.05) is 0 Å². The van der Waals surface area contributed by atoms with Crippen molar-refractivity contribution < 1.29 is 17.5 Å². The molecule has 30 heavy (non-hydrogen) atoms. The summed E-state index contributed by atoms with van der Waals surface area (Å²) in [6, 6.07) is 6.22. The smallest absolute Gasteiger partial charge is 0.249 e. The zero-order valence-electron chi connectivity index (χ0n) is 16.4. The molecule has 2 aromatic heterocycles. The number of hydrogen-bond donors (Lipinski definition) is 1. The van der Waals surface area contributed by atoms with E-state index in [0.717, 1.165) is 0 Å². The first kappa shape index (κ1) is 20.4. The van der Waals surface area contributed by atoms with E-state index < -0.39 is 15.7 Å². The van der Waals surface area contributed by atoms with Crippen molar-refractivity contribution >= 4 is 20.9 Å². The summed E-state index contributed by atoms with van der Waals surface area (Å²) in [4.78, 5) is 13.4. The molecule has 3 heterocycles. The van der Waals surface area contributed by atoms with Crippen LogP contribution in [-0.4, -0.2) is 66.9 Å². The van der Waals surface area contributed by atoms with Gasteiger partial charge in [0.15, 0.2) is 0 Å². The zero-order chi connectivity index (χ0) is 21.3. The number of halogens is 1. The minimum atomic E-state index is -3.78. The fourth-order valence-corrected chi connectivity index (χ4v) is 4.63. The van der Waals surface area contributed by atoms with Gasteiger partial charge in [0.05, 0.1) is 35.6 Å². The molecule has 0 atom stereocenters. The van der Waals surface area contributed by atoms with Gasteiger partial charge in [0.2, 0.25) is 15.0 Å². The van der Waals surface area contributed by atoms with Crippen molar-refractivity contribution in [1.29, 1.82) is 5.26 Å². The Morgan fingerprint density at radius 3 is 2.77 bits per heavy atom. The van der Waals surface area contributed by atoms with Gasteiger partial charge >= 0.3 is 0 Å². The van der Waals surface area contributed by atoms with Gasteiger partial charge in [-0.2, -0.15) is 5.26 Å². The van der Waals surface area contributed by atoms with Crippen molar-refractivity contribution in [3.63, 3.8) is 0 Å². The molecule has 10 heteroatoms. The van der Waals surface area contributed by atoms with Crippen molar-refractivity contribution in [1.82, 2.24) is 19.9 Å². The van der Waals surface area contributed by atoms with E-state index in [4.69, 9.17) is 4.74 Å². The lowest BCUT2D eigenvalue weighted by Crippen LogP contribution is -2.39. The molecule has 156 valence electrons. The predicted octanol–water partition coefficient (Wildman–Crippen LogP) is 2.05. The molecular weight excluding hydrogens is 409 g/mol. The number of morpholine rings is 1. The quantitative estimate of drug-likeness (QED) is 0.618. The average molecular weight is 429 g/mol. The highest BCUT2D eigenvalue weighted by molar-refractivity contribution is 7.91. The van der Waals surface area contributed by atoms with Gasteiger partial charge in [-0.25, -0.2) is 22.8 Å². The molecule has 0 radical (unpaired) electrons. The Balaban J connectivity index is 1.79. The molecule has 0 bridgehead atoms. The number of nitrogens with one attached hydrogen (secondary N) is 1. The molecule has 1 aliphatic rings. The fourth-order valence-electron chi connectivity index (χ4n) is 3.49. The summed E-state index contributed by atoms with van der Waals surface area (Å²) in [6.07, 6.45) is 1.46. The Kier molecular flexibility index (Phi) is 5.51. The van der Waals surface area contributed by atoms with E-state index in [9.17, 15) is 18.1 Å². The third-order valence-electron chi connectivity index (χ3n) is 5.13. The zero-order valence-corrected chi connectivity index (χ0v) is 17.2. The number of aromatic nitrogens is 3. The summed E-state index contributed by atoms with van der Waals surface area (Å²) >= 11 is 0. The third-order valence-corrected chi connectivity index (χ3v) is 6.59. The minimum Gasteiger partial charge on any atom is -0.379 e. The summed E-state index contributed by atoms with van der Waals surface area (Å²) in [6.45, 7) is 4.57. The highest BCUT2D eigenvalue weighted by Crippen LogP contribution is 2.32. The van der Waals surface area contributed by atoms with E-state index in [1.807, 2.05) is 4.90 Å². The van der Waals surface area contributed by atoms with Crippen LogP contribution in [0.5, 0.6) is 0 Å². The van der Waals surface area contributed by atoms with E-state index in [1.54, 1.807) is 6.92 Å².